The van der Waals surface area contributed by atoms with Gasteiger partial charge < -0.3 is 19.5 Å². The van der Waals surface area contributed by atoms with Crippen molar-refractivity contribution < 1.29 is 14.2 Å². The highest BCUT2D eigenvalue weighted by atomic mass is 16.5. The Morgan fingerprint density at radius 3 is 2.42 bits per heavy atom. The highest BCUT2D eigenvalue weighted by Crippen LogP contribution is 2.07. The van der Waals surface area contributed by atoms with Crippen LogP contribution in [0.4, 0.5) is 0 Å². The highest BCUT2D eigenvalue weighted by Gasteiger charge is 1.96. The zero-order valence-electron chi connectivity index (χ0n) is 12.0. The lowest BCUT2D eigenvalue weighted by Gasteiger charge is -2.09. The second-order valence-electron chi connectivity index (χ2n) is 4.36. The van der Waals surface area contributed by atoms with Gasteiger partial charge in [-0.1, -0.05) is 18.2 Å². The van der Waals surface area contributed by atoms with Crippen LogP contribution in [0.15, 0.2) is 23.8 Å². The van der Waals surface area contributed by atoms with E-state index in [1.54, 1.807) is 0 Å². The van der Waals surface area contributed by atoms with Crippen molar-refractivity contribution in [2.75, 3.05) is 52.7 Å². The molecule has 0 saturated carbocycles. The van der Waals surface area contributed by atoms with E-state index in [1.807, 2.05) is 6.92 Å². The molecule has 4 heteroatoms. The third kappa shape index (κ3) is 9.85. The van der Waals surface area contributed by atoms with Gasteiger partial charge in [0.15, 0.2) is 0 Å². The number of rotatable bonds is 12. The van der Waals surface area contributed by atoms with Crippen molar-refractivity contribution in [1.29, 1.82) is 0 Å². The topological polar surface area (TPSA) is 39.7 Å². The molecule has 0 saturated heterocycles. The lowest BCUT2D eigenvalue weighted by molar-refractivity contribution is 0.0176. The number of hydrogen-bond donors (Lipinski definition) is 1. The Morgan fingerprint density at radius 2 is 1.74 bits per heavy atom. The lowest BCUT2D eigenvalue weighted by Crippen LogP contribution is -2.23. The summed E-state index contributed by atoms with van der Waals surface area (Å²) < 4.78 is 16.0. The summed E-state index contributed by atoms with van der Waals surface area (Å²) >= 11 is 0. The molecule has 0 amide bonds. The van der Waals surface area contributed by atoms with E-state index in [-0.39, 0.29) is 0 Å². The summed E-state index contributed by atoms with van der Waals surface area (Å²) in [5.74, 6) is 0. The van der Waals surface area contributed by atoms with Gasteiger partial charge in [-0.15, -0.1) is 0 Å². The van der Waals surface area contributed by atoms with Crippen molar-refractivity contribution in [2.45, 2.75) is 19.8 Å². The fourth-order valence-corrected chi connectivity index (χ4v) is 1.76. The third-order valence-electron chi connectivity index (χ3n) is 2.77. The van der Waals surface area contributed by atoms with Crippen LogP contribution in [-0.2, 0) is 14.2 Å². The summed E-state index contributed by atoms with van der Waals surface area (Å²) in [5, 5.41) is 3.37. The molecule has 0 atom stereocenters. The highest BCUT2D eigenvalue weighted by molar-refractivity contribution is 5.23. The molecular weight excluding hydrogens is 242 g/mol. The molecule has 19 heavy (non-hydrogen) atoms. The van der Waals surface area contributed by atoms with E-state index in [2.05, 4.69) is 23.5 Å². The second-order valence-corrected chi connectivity index (χ2v) is 4.36. The summed E-state index contributed by atoms with van der Waals surface area (Å²) in [5.41, 5.74) is 1.38. The molecule has 110 valence electrons. The molecule has 0 aromatic carbocycles. The van der Waals surface area contributed by atoms with Crippen LogP contribution in [0.1, 0.15) is 19.8 Å². The second kappa shape index (κ2) is 12.4. The summed E-state index contributed by atoms with van der Waals surface area (Å²) in [6.45, 7) is 7.88. The molecular formula is C15H27NO3. The average molecular weight is 269 g/mol. The Balaban J connectivity index is 1.76. The predicted octanol–water partition coefficient (Wildman–Crippen LogP) is 1.92. The van der Waals surface area contributed by atoms with Crippen molar-refractivity contribution in [1.82, 2.24) is 5.32 Å². The van der Waals surface area contributed by atoms with Crippen LogP contribution >= 0.6 is 0 Å². The van der Waals surface area contributed by atoms with Crippen LogP contribution in [0.5, 0.6) is 0 Å². The Bertz CT molecular complexity index is 264. The fraction of sp³-hybridized carbons (Fsp3) is 0.733. The Morgan fingerprint density at radius 1 is 1.00 bits per heavy atom. The number of allylic oxidation sites excluding steroid dienone is 2. The summed E-state index contributed by atoms with van der Waals surface area (Å²) in [6.07, 6.45) is 9.07. The summed E-state index contributed by atoms with van der Waals surface area (Å²) in [7, 11) is 0. The quantitative estimate of drug-likeness (QED) is 0.550. The summed E-state index contributed by atoms with van der Waals surface area (Å²) in [6, 6.07) is 0. The molecule has 0 spiro atoms. The third-order valence-corrected chi connectivity index (χ3v) is 2.77. The van der Waals surface area contributed by atoms with Gasteiger partial charge in [0.2, 0.25) is 0 Å². The maximum atomic E-state index is 5.46. The van der Waals surface area contributed by atoms with Gasteiger partial charge >= 0.3 is 0 Å². The first-order valence-electron chi connectivity index (χ1n) is 7.23. The molecule has 1 N–H and O–H groups in total. The van der Waals surface area contributed by atoms with Gasteiger partial charge in [-0.3, -0.25) is 0 Å². The van der Waals surface area contributed by atoms with Gasteiger partial charge in [-0.05, 0) is 25.3 Å². The Kier molecular flexibility index (Phi) is 10.7. The molecule has 0 aliphatic heterocycles. The van der Waals surface area contributed by atoms with Crippen molar-refractivity contribution in [3.05, 3.63) is 23.8 Å². The standard InChI is InChI=1S/C15H27NO3/c1-2-17-10-11-19-13-12-18-9-8-16-14-15-6-4-3-5-7-15/h4,6-7,16H,2-3,5,8-14H2,1H3. The molecule has 0 bridgehead atoms. The molecule has 0 unspecified atom stereocenters. The largest absolute Gasteiger partial charge is 0.379 e. The van der Waals surface area contributed by atoms with Gasteiger partial charge in [0.1, 0.15) is 0 Å². The molecule has 1 aliphatic rings. The normalized spacial score (nSPS) is 14.7. The van der Waals surface area contributed by atoms with Crippen LogP contribution in [0, 0.1) is 0 Å². The van der Waals surface area contributed by atoms with E-state index in [0.717, 1.165) is 26.3 Å². The first kappa shape index (κ1) is 16.4. The maximum Gasteiger partial charge on any atom is 0.0701 e. The fourth-order valence-electron chi connectivity index (χ4n) is 1.76. The smallest absolute Gasteiger partial charge is 0.0701 e. The first-order valence-corrected chi connectivity index (χ1v) is 7.23. The lowest BCUT2D eigenvalue weighted by atomic mass is 10.1. The van der Waals surface area contributed by atoms with Crippen molar-refractivity contribution in [3.63, 3.8) is 0 Å². The molecule has 1 rings (SSSR count). The predicted molar refractivity (Wildman–Crippen MR) is 77.5 cm³/mol. The molecule has 0 heterocycles. The SMILES string of the molecule is CCOCCOCCOCCNCC1=CCCC=C1. The van der Waals surface area contributed by atoms with Crippen LogP contribution in [0.2, 0.25) is 0 Å². The van der Waals surface area contributed by atoms with E-state index in [9.17, 15) is 0 Å². The van der Waals surface area contributed by atoms with E-state index < -0.39 is 0 Å². The van der Waals surface area contributed by atoms with Crippen molar-refractivity contribution in [2.24, 2.45) is 0 Å². The van der Waals surface area contributed by atoms with Crippen LogP contribution in [0.25, 0.3) is 0 Å². The Hall–Kier alpha value is -0.680. The molecule has 4 nitrogen and oxygen atoms in total. The van der Waals surface area contributed by atoms with Gasteiger partial charge in [0.05, 0.1) is 33.0 Å². The minimum atomic E-state index is 0.640. The number of nitrogens with one attached hydrogen (secondary N) is 1. The minimum Gasteiger partial charge on any atom is -0.379 e. The van der Waals surface area contributed by atoms with E-state index in [0.29, 0.717) is 26.4 Å². The van der Waals surface area contributed by atoms with Crippen LogP contribution in [0.3, 0.4) is 0 Å². The van der Waals surface area contributed by atoms with E-state index >= 15 is 0 Å². The first-order chi connectivity index (χ1) is 9.43. The monoisotopic (exact) mass is 269 g/mol. The minimum absolute atomic E-state index is 0.640. The van der Waals surface area contributed by atoms with Crippen LogP contribution in [-0.4, -0.2) is 52.7 Å². The van der Waals surface area contributed by atoms with E-state index in [1.165, 1.54) is 18.4 Å². The van der Waals surface area contributed by atoms with Crippen molar-refractivity contribution in [3.8, 4) is 0 Å². The molecule has 1 aliphatic carbocycles. The Labute approximate surface area is 116 Å². The molecule has 0 radical (unpaired) electrons. The zero-order chi connectivity index (χ0) is 13.6. The molecule has 0 fully saturated rings. The summed E-state index contributed by atoms with van der Waals surface area (Å²) in [4.78, 5) is 0. The average Bonchev–Trinajstić information content (AvgIpc) is 2.46. The van der Waals surface area contributed by atoms with E-state index in [4.69, 9.17) is 14.2 Å². The molecule has 0 aromatic rings. The van der Waals surface area contributed by atoms with Gasteiger partial charge in [-0.2, -0.15) is 0 Å². The molecule has 0 aromatic heterocycles. The van der Waals surface area contributed by atoms with Crippen molar-refractivity contribution >= 4 is 0 Å². The zero-order valence-corrected chi connectivity index (χ0v) is 12.0. The maximum absolute atomic E-state index is 5.46. The van der Waals surface area contributed by atoms with Crippen LogP contribution < -0.4 is 5.32 Å². The number of hydrogen-bond acceptors (Lipinski definition) is 4. The van der Waals surface area contributed by atoms with Gasteiger partial charge in [0.25, 0.3) is 0 Å². The van der Waals surface area contributed by atoms with Gasteiger partial charge in [0, 0.05) is 19.7 Å². The number of ether oxygens (including phenoxy) is 3. The van der Waals surface area contributed by atoms with Gasteiger partial charge in [-0.25, -0.2) is 0 Å².